The first-order chi connectivity index (χ1) is 13.0. The standard InChI is InChI=1S/C21H27N3O2S/c1-16-6-11-19(27-16)21(26)22-14-20(25)23(2)15-17-7-9-18(10-8-17)24-12-4-3-5-13-24/h6-11H,3-5,12-15H2,1-2H3,(H,22,26). The smallest absolute Gasteiger partial charge is 0.261 e. The number of hydrogen-bond donors (Lipinski definition) is 1. The summed E-state index contributed by atoms with van der Waals surface area (Å²) in [5.41, 5.74) is 2.35. The van der Waals surface area contributed by atoms with E-state index in [4.69, 9.17) is 0 Å². The Morgan fingerprint density at radius 3 is 2.41 bits per heavy atom. The predicted octanol–water partition coefficient (Wildman–Crippen LogP) is 3.44. The summed E-state index contributed by atoms with van der Waals surface area (Å²) in [4.78, 5) is 30.1. The second-order valence-corrected chi connectivity index (χ2v) is 8.34. The fourth-order valence-electron chi connectivity index (χ4n) is 3.26. The Labute approximate surface area is 165 Å². The fourth-order valence-corrected chi connectivity index (χ4v) is 4.04. The zero-order valence-electron chi connectivity index (χ0n) is 16.0. The van der Waals surface area contributed by atoms with E-state index in [0.29, 0.717) is 11.4 Å². The average Bonchev–Trinajstić information content (AvgIpc) is 3.13. The molecule has 0 aliphatic carbocycles. The number of carbonyl (C=O) groups is 2. The maximum Gasteiger partial charge on any atom is 0.261 e. The molecule has 0 saturated carbocycles. The first-order valence-corrected chi connectivity index (χ1v) is 10.3. The van der Waals surface area contributed by atoms with Crippen molar-refractivity contribution < 1.29 is 9.59 Å². The Balaban J connectivity index is 1.48. The SMILES string of the molecule is Cc1ccc(C(=O)NCC(=O)N(C)Cc2ccc(N3CCCCC3)cc2)s1. The quantitative estimate of drug-likeness (QED) is 0.829. The second kappa shape index (κ2) is 9.04. The van der Waals surface area contributed by atoms with E-state index >= 15 is 0 Å². The maximum absolute atomic E-state index is 12.3. The molecule has 2 heterocycles. The summed E-state index contributed by atoms with van der Waals surface area (Å²) in [6.07, 6.45) is 3.84. The second-order valence-electron chi connectivity index (χ2n) is 7.06. The summed E-state index contributed by atoms with van der Waals surface area (Å²) >= 11 is 1.43. The van der Waals surface area contributed by atoms with Crippen LogP contribution in [0.1, 0.15) is 39.4 Å². The van der Waals surface area contributed by atoms with Crippen LogP contribution >= 0.6 is 11.3 Å². The number of benzene rings is 1. The van der Waals surface area contributed by atoms with Crippen molar-refractivity contribution in [2.75, 3.05) is 31.6 Å². The van der Waals surface area contributed by atoms with Gasteiger partial charge in [0.25, 0.3) is 5.91 Å². The number of hydrogen-bond acceptors (Lipinski definition) is 4. The van der Waals surface area contributed by atoms with Crippen LogP contribution in [0.5, 0.6) is 0 Å². The van der Waals surface area contributed by atoms with Crippen molar-refractivity contribution >= 4 is 28.8 Å². The molecular formula is C21H27N3O2S. The Morgan fingerprint density at radius 1 is 1.07 bits per heavy atom. The van der Waals surface area contributed by atoms with Gasteiger partial charge in [-0.1, -0.05) is 12.1 Å². The predicted molar refractivity (Wildman–Crippen MR) is 110 cm³/mol. The molecule has 5 nitrogen and oxygen atoms in total. The van der Waals surface area contributed by atoms with Gasteiger partial charge in [-0.25, -0.2) is 0 Å². The normalized spacial score (nSPS) is 14.1. The molecule has 0 radical (unpaired) electrons. The van der Waals surface area contributed by atoms with Crippen LogP contribution in [0.3, 0.4) is 0 Å². The molecule has 0 atom stereocenters. The zero-order valence-corrected chi connectivity index (χ0v) is 16.8. The number of carbonyl (C=O) groups excluding carboxylic acids is 2. The highest BCUT2D eigenvalue weighted by Gasteiger charge is 2.14. The molecule has 0 unspecified atom stereocenters. The lowest BCUT2D eigenvalue weighted by molar-refractivity contribution is -0.129. The molecule has 1 aliphatic heterocycles. The van der Waals surface area contributed by atoms with Gasteiger partial charge in [0, 0.05) is 37.2 Å². The molecule has 1 fully saturated rings. The molecular weight excluding hydrogens is 358 g/mol. The first-order valence-electron chi connectivity index (χ1n) is 9.45. The van der Waals surface area contributed by atoms with Crippen molar-refractivity contribution in [2.45, 2.75) is 32.7 Å². The van der Waals surface area contributed by atoms with Crippen molar-refractivity contribution in [3.05, 3.63) is 51.7 Å². The number of nitrogens with one attached hydrogen (secondary N) is 1. The Hall–Kier alpha value is -2.34. The van der Waals surface area contributed by atoms with E-state index in [1.54, 1.807) is 18.0 Å². The Morgan fingerprint density at radius 2 is 1.78 bits per heavy atom. The van der Waals surface area contributed by atoms with Crippen molar-refractivity contribution in [3.63, 3.8) is 0 Å². The largest absolute Gasteiger partial charge is 0.372 e. The molecule has 144 valence electrons. The molecule has 1 N–H and O–H groups in total. The van der Waals surface area contributed by atoms with Crippen molar-refractivity contribution in [2.24, 2.45) is 0 Å². The van der Waals surface area contributed by atoms with Gasteiger partial charge in [0.1, 0.15) is 0 Å². The summed E-state index contributed by atoms with van der Waals surface area (Å²) in [5, 5.41) is 2.70. The molecule has 2 aromatic rings. The van der Waals surface area contributed by atoms with E-state index in [2.05, 4.69) is 34.5 Å². The van der Waals surface area contributed by atoms with Gasteiger partial charge in [0.2, 0.25) is 5.91 Å². The van der Waals surface area contributed by atoms with Gasteiger partial charge in [-0.05, 0) is 56.0 Å². The zero-order chi connectivity index (χ0) is 19.2. The average molecular weight is 386 g/mol. The Kier molecular flexibility index (Phi) is 6.50. The summed E-state index contributed by atoms with van der Waals surface area (Å²) < 4.78 is 0. The van der Waals surface area contributed by atoms with Gasteiger partial charge in [0.05, 0.1) is 11.4 Å². The minimum atomic E-state index is -0.194. The number of anilines is 1. The number of rotatable bonds is 6. The highest BCUT2D eigenvalue weighted by molar-refractivity contribution is 7.13. The lowest BCUT2D eigenvalue weighted by atomic mass is 10.1. The van der Waals surface area contributed by atoms with Crippen molar-refractivity contribution in [1.82, 2.24) is 10.2 Å². The number of likely N-dealkylation sites (N-methyl/N-ethyl adjacent to an activating group) is 1. The van der Waals surface area contributed by atoms with Crippen LogP contribution in [0, 0.1) is 6.92 Å². The fraction of sp³-hybridized carbons (Fsp3) is 0.429. The number of amides is 2. The molecule has 6 heteroatoms. The molecule has 27 heavy (non-hydrogen) atoms. The molecule has 1 saturated heterocycles. The van der Waals surface area contributed by atoms with Gasteiger partial charge >= 0.3 is 0 Å². The van der Waals surface area contributed by atoms with Crippen LogP contribution in [-0.2, 0) is 11.3 Å². The molecule has 3 rings (SSSR count). The minimum absolute atomic E-state index is 0.0120. The summed E-state index contributed by atoms with van der Waals surface area (Å²) in [5.74, 6) is -0.294. The molecule has 1 aromatic carbocycles. The monoisotopic (exact) mass is 385 g/mol. The topological polar surface area (TPSA) is 52.7 Å². The van der Waals surface area contributed by atoms with Crippen LogP contribution in [0.2, 0.25) is 0 Å². The van der Waals surface area contributed by atoms with Crippen molar-refractivity contribution in [1.29, 1.82) is 0 Å². The van der Waals surface area contributed by atoms with E-state index in [0.717, 1.165) is 23.5 Å². The van der Waals surface area contributed by atoms with Crippen LogP contribution in [0.4, 0.5) is 5.69 Å². The van der Waals surface area contributed by atoms with Crippen LogP contribution in [0.25, 0.3) is 0 Å². The number of aryl methyl sites for hydroxylation is 1. The van der Waals surface area contributed by atoms with Gasteiger partial charge in [-0.2, -0.15) is 0 Å². The van der Waals surface area contributed by atoms with Gasteiger partial charge in [-0.15, -0.1) is 11.3 Å². The van der Waals surface area contributed by atoms with E-state index in [9.17, 15) is 9.59 Å². The number of thiophene rings is 1. The van der Waals surface area contributed by atoms with Gasteiger partial charge in [0.15, 0.2) is 0 Å². The lowest BCUT2D eigenvalue weighted by Crippen LogP contribution is -2.37. The highest BCUT2D eigenvalue weighted by Crippen LogP contribution is 2.20. The number of piperidine rings is 1. The molecule has 1 aliphatic rings. The van der Waals surface area contributed by atoms with E-state index < -0.39 is 0 Å². The lowest BCUT2D eigenvalue weighted by Gasteiger charge is -2.29. The molecule has 0 bridgehead atoms. The van der Waals surface area contributed by atoms with E-state index in [1.807, 2.05) is 13.0 Å². The van der Waals surface area contributed by atoms with Crippen LogP contribution in [0.15, 0.2) is 36.4 Å². The molecule has 2 amide bonds. The van der Waals surface area contributed by atoms with Crippen LogP contribution in [-0.4, -0.2) is 43.4 Å². The third-order valence-electron chi connectivity index (χ3n) is 4.87. The third kappa shape index (κ3) is 5.32. The minimum Gasteiger partial charge on any atom is -0.372 e. The third-order valence-corrected chi connectivity index (χ3v) is 5.87. The Bertz CT molecular complexity index is 779. The summed E-state index contributed by atoms with van der Waals surface area (Å²) in [7, 11) is 1.77. The summed E-state index contributed by atoms with van der Waals surface area (Å²) in [6.45, 7) is 4.75. The maximum atomic E-state index is 12.3. The number of nitrogens with zero attached hydrogens (tertiary/aromatic N) is 2. The van der Waals surface area contributed by atoms with Crippen LogP contribution < -0.4 is 10.2 Å². The summed E-state index contributed by atoms with van der Waals surface area (Å²) in [6, 6.07) is 12.1. The highest BCUT2D eigenvalue weighted by atomic mass is 32.1. The van der Waals surface area contributed by atoms with Gasteiger partial charge in [-0.3, -0.25) is 9.59 Å². The molecule has 0 spiro atoms. The van der Waals surface area contributed by atoms with E-state index in [1.165, 1.54) is 36.3 Å². The van der Waals surface area contributed by atoms with E-state index in [-0.39, 0.29) is 18.4 Å². The van der Waals surface area contributed by atoms with Gasteiger partial charge < -0.3 is 15.1 Å². The molecule has 1 aromatic heterocycles. The van der Waals surface area contributed by atoms with Crippen molar-refractivity contribution in [3.8, 4) is 0 Å². The first kappa shape index (κ1) is 19.4.